The number of hydrogen-bond acceptors (Lipinski definition) is 4. The fourth-order valence-corrected chi connectivity index (χ4v) is 2.09. The Morgan fingerprint density at radius 1 is 1.15 bits per heavy atom. The van der Waals surface area contributed by atoms with Crippen LogP contribution >= 0.6 is 0 Å². The number of nitrogens with zero attached hydrogens (tertiary/aromatic N) is 1. The molecule has 0 amide bonds. The van der Waals surface area contributed by atoms with E-state index in [2.05, 4.69) is 25.8 Å². The zero-order valence-corrected chi connectivity index (χ0v) is 13.3. The highest BCUT2D eigenvalue weighted by molar-refractivity contribution is 5.43. The Labute approximate surface area is 122 Å². The molecule has 0 aliphatic carbocycles. The number of ether oxygens (including phenoxy) is 2. The number of rotatable bonds is 8. The second kappa shape index (κ2) is 8.12. The largest absolute Gasteiger partial charge is 0.493 e. The van der Waals surface area contributed by atoms with Crippen LogP contribution < -0.4 is 15.2 Å². The van der Waals surface area contributed by atoms with Crippen molar-refractivity contribution < 1.29 is 9.47 Å². The standard InChI is InChI=1S/C16H28N2O2/c1-12(2)8-9-18(3)11-14(17)13-6-7-15(19-4)16(10-13)20-5/h6-7,10,12,14H,8-9,11,17H2,1-5H3. The van der Waals surface area contributed by atoms with Gasteiger partial charge >= 0.3 is 0 Å². The number of methoxy groups -OCH3 is 2. The number of nitrogens with two attached hydrogens (primary N) is 1. The zero-order chi connectivity index (χ0) is 15.1. The first kappa shape index (κ1) is 16.8. The summed E-state index contributed by atoms with van der Waals surface area (Å²) in [4.78, 5) is 2.28. The van der Waals surface area contributed by atoms with E-state index in [0.717, 1.165) is 36.1 Å². The van der Waals surface area contributed by atoms with Crippen molar-refractivity contribution in [3.05, 3.63) is 23.8 Å². The van der Waals surface area contributed by atoms with Gasteiger partial charge in [0.25, 0.3) is 0 Å². The van der Waals surface area contributed by atoms with Gasteiger partial charge in [-0.15, -0.1) is 0 Å². The van der Waals surface area contributed by atoms with Gasteiger partial charge in [0, 0.05) is 12.6 Å². The third-order valence-electron chi connectivity index (χ3n) is 3.43. The highest BCUT2D eigenvalue weighted by Crippen LogP contribution is 2.29. The van der Waals surface area contributed by atoms with Crippen LogP contribution in [0.25, 0.3) is 0 Å². The van der Waals surface area contributed by atoms with E-state index in [-0.39, 0.29) is 6.04 Å². The lowest BCUT2D eigenvalue weighted by Crippen LogP contribution is -2.30. The van der Waals surface area contributed by atoms with E-state index in [1.807, 2.05) is 18.2 Å². The van der Waals surface area contributed by atoms with Crippen LogP contribution in [0.3, 0.4) is 0 Å². The Bertz CT molecular complexity index is 407. The number of hydrogen-bond donors (Lipinski definition) is 1. The Morgan fingerprint density at radius 2 is 1.80 bits per heavy atom. The fraction of sp³-hybridized carbons (Fsp3) is 0.625. The lowest BCUT2D eigenvalue weighted by atomic mass is 10.1. The maximum Gasteiger partial charge on any atom is 0.161 e. The molecule has 1 aromatic carbocycles. The molecular formula is C16H28N2O2. The fourth-order valence-electron chi connectivity index (χ4n) is 2.09. The van der Waals surface area contributed by atoms with Gasteiger partial charge in [0.15, 0.2) is 11.5 Å². The molecule has 0 spiro atoms. The lowest BCUT2D eigenvalue weighted by Gasteiger charge is -2.23. The molecule has 0 aliphatic rings. The van der Waals surface area contributed by atoms with Crippen molar-refractivity contribution in [2.45, 2.75) is 26.3 Å². The van der Waals surface area contributed by atoms with Crippen LogP contribution in [0.4, 0.5) is 0 Å². The van der Waals surface area contributed by atoms with Crippen LogP contribution in [0.5, 0.6) is 11.5 Å². The van der Waals surface area contributed by atoms with Gasteiger partial charge in [-0.05, 0) is 43.6 Å². The summed E-state index contributed by atoms with van der Waals surface area (Å²) in [5, 5.41) is 0. The first-order valence-corrected chi connectivity index (χ1v) is 7.14. The van der Waals surface area contributed by atoms with Crippen LogP contribution in [-0.2, 0) is 0 Å². The topological polar surface area (TPSA) is 47.7 Å². The van der Waals surface area contributed by atoms with Gasteiger partial charge in [-0.25, -0.2) is 0 Å². The molecule has 0 saturated heterocycles. The minimum atomic E-state index is -0.0213. The summed E-state index contributed by atoms with van der Waals surface area (Å²) in [6.07, 6.45) is 1.19. The molecular weight excluding hydrogens is 252 g/mol. The van der Waals surface area contributed by atoms with Crippen molar-refractivity contribution in [3.63, 3.8) is 0 Å². The van der Waals surface area contributed by atoms with E-state index in [4.69, 9.17) is 15.2 Å². The van der Waals surface area contributed by atoms with Crippen LogP contribution in [0.2, 0.25) is 0 Å². The molecule has 0 radical (unpaired) electrons. The lowest BCUT2D eigenvalue weighted by molar-refractivity contribution is 0.292. The van der Waals surface area contributed by atoms with Gasteiger partial charge in [-0.1, -0.05) is 19.9 Å². The molecule has 1 unspecified atom stereocenters. The van der Waals surface area contributed by atoms with Gasteiger partial charge < -0.3 is 20.1 Å². The average molecular weight is 280 g/mol. The van der Waals surface area contributed by atoms with Gasteiger partial charge in [0.2, 0.25) is 0 Å². The summed E-state index contributed by atoms with van der Waals surface area (Å²) < 4.78 is 10.6. The first-order chi connectivity index (χ1) is 9.47. The predicted molar refractivity (Wildman–Crippen MR) is 83.4 cm³/mol. The zero-order valence-electron chi connectivity index (χ0n) is 13.3. The second-order valence-electron chi connectivity index (χ2n) is 5.67. The molecule has 20 heavy (non-hydrogen) atoms. The first-order valence-electron chi connectivity index (χ1n) is 7.14. The van der Waals surface area contributed by atoms with Gasteiger partial charge in [-0.3, -0.25) is 0 Å². The molecule has 2 N–H and O–H groups in total. The highest BCUT2D eigenvalue weighted by Gasteiger charge is 2.12. The molecule has 1 rings (SSSR count). The predicted octanol–water partition coefficient (Wildman–Crippen LogP) is 2.68. The summed E-state index contributed by atoms with van der Waals surface area (Å²) in [6, 6.07) is 5.84. The molecule has 0 heterocycles. The molecule has 114 valence electrons. The Balaban J connectivity index is 2.65. The maximum atomic E-state index is 6.28. The van der Waals surface area contributed by atoms with E-state index in [0.29, 0.717) is 0 Å². The molecule has 4 heteroatoms. The summed E-state index contributed by atoms with van der Waals surface area (Å²) in [7, 11) is 5.39. The third-order valence-corrected chi connectivity index (χ3v) is 3.43. The van der Waals surface area contributed by atoms with Crippen molar-refractivity contribution in [1.82, 2.24) is 4.90 Å². The van der Waals surface area contributed by atoms with Crippen molar-refractivity contribution in [2.24, 2.45) is 11.7 Å². The van der Waals surface area contributed by atoms with Crippen molar-refractivity contribution in [1.29, 1.82) is 0 Å². The summed E-state index contributed by atoms with van der Waals surface area (Å²) >= 11 is 0. The smallest absolute Gasteiger partial charge is 0.161 e. The summed E-state index contributed by atoms with van der Waals surface area (Å²) in [5.41, 5.74) is 7.35. The van der Waals surface area contributed by atoms with Crippen molar-refractivity contribution in [3.8, 4) is 11.5 Å². The average Bonchev–Trinajstić information content (AvgIpc) is 2.44. The second-order valence-corrected chi connectivity index (χ2v) is 5.67. The van der Waals surface area contributed by atoms with E-state index in [9.17, 15) is 0 Å². The molecule has 1 atom stereocenters. The quantitative estimate of drug-likeness (QED) is 0.795. The molecule has 0 bridgehead atoms. The van der Waals surface area contributed by atoms with E-state index >= 15 is 0 Å². The minimum absolute atomic E-state index is 0.0213. The Kier molecular flexibility index (Phi) is 6.82. The molecule has 0 aliphatic heterocycles. The van der Waals surface area contributed by atoms with Crippen LogP contribution in [0.1, 0.15) is 31.9 Å². The third kappa shape index (κ3) is 5.02. The monoisotopic (exact) mass is 280 g/mol. The molecule has 0 saturated carbocycles. The SMILES string of the molecule is COc1ccc(C(N)CN(C)CCC(C)C)cc1OC. The van der Waals surface area contributed by atoms with Crippen molar-refractivity contribution >= 4 is 0 Å². The number of benzene rings is 1. The molecule has 1 aromatic rings. The normalized spacial score (nSPS) is 12.8. The van der Waals surface area contributed by atoms with Crippen LogP contribution in [0.15, 0.2) is 18.2 Å². The van der Waals surface area contributed by atoms with E-state index in [1.165, 1.54) is 6.42 Å². The molecule has 0 aromatic heterocycles. The maximum absolute atomic E-state index is 6.28. The summed E-state index contributed by atoms with van der Waals surface area (Å²) in [5.74, 6) is 2.18. The highest BCUT2D eigenvalue weighted by atomic mass is 16.5. The van der Waals surface area contributed by atoms with Crippen LogP contribution in [0, 0.1) is 5.92 Å². The van der Waals surface area contributed by atoms with Gasteiger partial charge in [-0.2, -0.15) is 0 Å². The van der Waals surface area contributed by atoms with E-state index < -0.39 is 0 Å². The van der Waals surface area contributed by atoms with Crippen LogP contribution in [-0.4, -0.2) is 39.3 Å². The Hall–Kier alpha value is -1.26. The van der Waals surface area contributed by atoms with Gasteiger partial charge in [0.1, 0.15) is 0 Å². The van der Waals surface area contributed by atoms with E-state index in [1.54, 1.807) is 14.2 Å². The Morgan fingerprint density at radius 3 is 2.35 bits per heavy atom. The molecule has 4 nitrogen and oxygen atoms in total. The number of likely N-dealkylation sites (N-methyl/N-ethyl adjacent to an activating group) is 1. The van der Waals surface area contributed by atoms with Gasteiger partial charge in [0.05, 0.1) is 14.2 Å². The summed E-state index contributed by atoms with van der Waals surface area (Å²) in [6.45, 7) is 6.38. The molecule has 0 fully saturated rings. The minimum Gasteiger partial charge on any atom is -0.493 e. The van der Waals surface area contributed by atoms with Crippen molar-refractivity contribution in [2.75, 3.05) is 34.4 Å².